The molecule has 1 heteroatoms. The second-order valence-electron chi connectivity index (χ2n) is 6.68. The van der Waals surface area contributed by atoms with E-state index in [4.69, 9.17) is 0 Å². The van der Waals surface area contributed by atoms with Crippen LogP contribution >= 0.6 is 0 Å². The van der Waals surface area contributed by atoms with Crippen molar-refractivity contribution in [3.63, 3.8) is 0 Å². The van der Waals surface area contributed by atoms with Gasteiger partial charge in [0.05, 0.1) is 0 Å². The van der Waals surface area contributed by atoms with Crippen molar-refractivity contribution in [3.8, 4) is 0 Å². The monoisotopic (exact) mass is 257 g/mol. The van der Waals surface area contributed by atoms with Crippen molar-refractivity contribution in [2.45, 2.75) is 64.5 Å². The minimum atomic E-state index is 0.601. The van der Waals surface area contributed by atoms with Crippen molar-refractivity contribution in [3.05, 3.63) is 35.4 Å². The van der Waals surface area contributed by atoms with Gasteiger partial charge in [-0.3, -0.25) is 0 Å². The van der Waals surface area contributed by atoms with Gasteiger partial charge in [-0.25, -0.2) is 0 Å². The fourth-order valence-corrected chi connectivity index (χ4v) is 3.07. The van der Waals surface area contributed by atoms with Crippen molar-refractivity contribution in [2.75, 3.05) is 0 Å². The van der Waals surface area contributed by atoms with Crippen LogP contribution in [0.2, 0.25) is 0 Å². The predicted molar refractivity (Wildman–Crippen MR) is 81.2 cm³/mol. The van der Waals surface area contributed by atoms with Gasteiger partial charge in [-0.1, -0.05) is 49.6 Å². The topological polar surface area (TPSA) is 12.0 Å². The van der Waals surface area contributed by atoms with Crippen LogP contribution in [0.4, 0.5) is 0 Å². The Morgan fingerprint density at radius 2 is 1.79 bits per heavy atom. The molecule has 104 valence electrons. The highest BCUT2D eigenvalue weighted by molar-refractivity contribution is 5.25. The molecule has 2 saturated carbocycles. The van der Waals surface area contributed by atoms with E-state index >= 15 is 0 Å². The number of aryl methyl sites for hydroxylation is 1. The first-order valence-corrected chi connectivity index (χ1v) is 8.09. The summed E-state index contributed by atoms with van der Waals surface area (Å²) in [6.07, 6.45) is 8.42. The van der Waals surface area contributed by atoms with Crippen LogP contribution in [0.15, 0.2) is 24.3 Å². The van der Waals surface area contributed by atoms with Crippen LogP contribution in [0.25, 0.3) is 0 Å². The maximum atomic E-state index is 3.97. The average Bonchev–Trinajstić information content (AvgIpc) is 3.28. The van der Waals surface area contributed by atoms with Gasteiger partial charge in [-0.15, -0.1) is 0 Å². The highest BCUT2D eigenvalue weighted by Crippen LogP contribution is 2.42. The second-order valence-corrected chi connectivity index (χ2v) is 6.68. The molecule has 3 rings (SSSR count). The van der Waals surface area contributed by atoms with Gasteiger partial charge in [0.2, 0.25) is 0 Å². The Labute approximate surface area is 117 Å². The molecule has 0 heterocycles. The Balaban J connectivity index is 1.67. The van der Waals surface area contributed by atoms with E-state index in [2.05, 4.69) is 43.4 Å². The van der Waals surface area contributed by atoms with Gasteiger partial charge in [0.25, 0.3) is 0 Å². The van der Waals surface area contributed by atoms with Crippen molar-refractivity contribution in [2.24, 2.45) is 11.8 Å². The molecular weight excluding hydrogens is 230 g/mol. The van der Waals surface area contributed by atoms with E-state index in [9.17, 15) is 0 Å². The van der Waals surface area contributed by atoms with Gasteiger partial charge in [0.1, 0.15) is 0 Å². The first kappa shape index (κ1) is 13.2. The Morgan fingerprint density at radius 3 is 2.32 bits per heavy atom. The summed E-state index contributed by atoms with van der Waals surface area (Å²) >= 11 is 0. The third kappa shape index (κ3) is 3.60. The molecule has 0 spiro atoms. The Kier molecular flexibility index (Phi) is 3.93. The number of hydrogen-bond donors (Lipinski definition) is 1. The Hall–Kier alpha value is -0.820. The molecule has 0 bridgehead atoms. The molecule has 0 radical (unpaired) electrons. The molecule has 0 aromatic heterocycles. The lowest BCUT2D eigenvalue weighted by Crippen LogP contribution is -2.34. The molecule has 2 aliphatic rings. The summed E-state index contributed by atoms with van der Waals surface area (Å²) in [7, 11) is 0. The van der Waals surface area contributed by atoms with E-state index < -0.39 is 0 Å². The van der Waals surface area contributed by atoms with Crippen LogP contribution in [0, 0.1) is 18.8 Å². The second kappa shape index (κ2) is 5.66. The van der Waals surface area contributed by atoms with Crippen LogP contribution in [0.3, 0.4) is 0 Å². The maximum absolute atomic E-state index is 3.97. The summed E-state index contributed by atoms with van der Waals surface area (Å²) in [5.41, 5.74) is 2.87. The van der Waals surface area contributed by atoms with E-state index in [-0.39, 0.29) is 0 Å². The standard InChI is InChI=1S/C18H27N/c1-3-17(12-14-6-7-14)19-18(16-10-11-16)15-8-4-13(2)5-9-15/h4-5,8-9,14,16-19H,3,6-7,10-12H2,1-2H3. The zero-order valence-corrected chi connectivity index (χ0v) is 12.4. The summed E-state index contributed by atoms with van der Waals surface area (Å²) in [5, 5.41) is 3.97. The van der Waals surface area contributed by atoms with E-state index in [0.29, 0.717) is 6.04 Å². The molecule has 1 N–H and O–H groups in total. The lowest BCUT2D eigenvalue weighted by Gasteiger charge is -2.26. The van der Waals surface area contributed by atoms with Crippen LogP contribution in [0.5, 0.6) is 0 Å². The Morgan fingerprint density at radius 1 is 1.11 bits per heavy atom. The lowest BCUT2D eigenvalue weighted by molar-refractivity contribution is 0.366. The molecule has 2 aliphatic carbocycles. The van der Waals surface area contributed by atoms with Crippen LogP contribution in [-0.2, 0) is 0 Å². The van der Waals surface area contributed by atoms with Gasteiger partial charge in [-0.2, -0.15) is 0 Å². The van der Waals surface area contributed by atoms with Crippen LogP contribution in [0.1, 0.15) is 62.6 Å². The average molecular weight is 257 g/mol. The van der Waals surface area contributed by atoms with E-state index in [0.717, 1.165) is 17.9 Å². The minimum absolute atomic E-state index is 0.601. The Bertz CT molecular complexity index is 400. The molecule has 1 aromatic carbocycles. The van der Waals surface area contributed by atoms with Crippen LogP contribution < -0.4 is 5.32 Å². The third-order valence-corrected chi connectivity index (χ3v) is 4.75. The SMILES string of the molecule is CCC(CC1CC1)NC(c1ccc(C)cc1)C1CC1. The van der Waals surface area contributed by atoms with Crippen molar-refractivity contribution in [1.82, 2.24) is 5.32 Å². The summed E-state index contributed by atoms with van der Waals surface area (Å²) in [6.45, 7) is 4.50. The van der Waals surface area contributed by atoms with E-state index in [1.165, 1.54) is 49.7 Å². The first-order chi connectivity index (χ1) is 9.26. The largest absolute Gasteiger partial charge is 0.307 e. The molecule has 0 saturated heterocycles. The van der Waals surface area contributed by atoms with Gasteiger partial charge < -0.3 is 5.32 Å². The molecule has 0 amide bonds. The molecule has 2 unspecified atom stereocenters. The number of hydrogen-bond acceptors (Lipinski definition) is 1. The summed E-state index contributed by atoms with van der Waals surface area (Å²) in [4.78, 5) is 0. The summed E-state index contributed by atoms with van der Waals surface area (Å²) in [5.74, 6) is 1.91. The zero-order valence-electron chi connectivity index (χ0n) is 12.4. The summed E-state index contributed by atoms with van der Waals surface area (Å²) < 4.78 is 0. The quantitative estimate of drug-likeness (QED) is 0.752. The molecule has 1 aromatic rings. The zero-order chi connectivity index (χ0) is 13.2. The van der Waals surface area contributed by atoms with Crippen molar-refractivity contribution >= 4 is 0 Å². The first-order valence-electron chi connectivity index (χ1n) is 8.09. The normalized spacial score (nSPS) is 22.2. The van der Waals surface area contributed by atoms with Crippen molar-refractivity contribution < 1.29 is 0 Å². The highest BCUT2D eigenvalue weighted by Gasteiger charge is 2.34. The molecule has 2 atom stereocenters. The molecule has 19 heavy (non-hydrogen) atoms. The fraction of sp³-hybridized carbons (Fsp3) is 0.667. The molecule has 1 nitrogen and oxygen atoms in total. The van der Waals surface area contributed by atoms with Crippen LogP contribution in [-0.4, -0.2) is 6.04 Å². The molecule has 2 fully saturated rings. The smallest absolute Gasteiger partial charge is 0.0351 e. The van der Waals surface area contributed by atoms with Crippen molar-refractivity contribution in [1.29, 1.82) is 0 Å². The number of nitrogens with one attached hydrogen (secondary N) is 1. The van der Waals surface area contributed by atoms with Gasteiger partial charge >= 0.3 is 0 Å². The van der Waals surface area contributed by atoms with Gasteiger partial charge in [0, 0.05) is 12.1 Å². The third-order valence-electron chi connectivity index (χ3n) is 4.75. The number of rotatable bonds is 7. The lowest BCUT2D eigenvalue weighted by atomic mass is 9.98. The number of benzene rings is 1. The highest BCUT2D eigenvalue weighted by atomic mass is 15.0. The minimum Gasteiger partial charge on any atom is -0.307 e. The molecule has 0 aliphatic heterocycles. The summed E-state index contributed by atoms with van der Waals surface area (Å²) in [6, 6.07) is 10.5. The predicted octanol–water partition coefficient (Wildman–Crippen LogP) is 4.61. The maximum Gasteiger partial charge on any atom is 0.0351 e. The van der Waals surface area contributed by atoms with E-state index in [1.807, 2.05) is 0 Å². The van der Waals surface area contributed by atoms with Gasteiger partial charge in [-0.05, 0) is 50.0 Å². The van der Waals surface area contributed by atoms with E-state index in [1.54, 1.807) is 0 Å². The van der Waals surface area contributed by atoms with Gasteiger partial charge in [0.15, 0.2) is 0 Å². The fourth-order valence-electron chi connectivity index (χ4n) is 3.07. The molecular formula is C18H27N.